The van der Waals surface area contributed by atoms with Crippen molar-refractivity contribution in [3.63, 3.8) is 0 Å². The molecule has 0 aliphatic heterocycles. The van der Waals surface area contributed by atoms with Gasteiger partial charge >= 0.3 is 0 Å². The van der Waals surface area contributed by atoms with Crippen LogP contribution in [0.15, 0.2) is 30.3 Å². The highest BCUT2D eigenvalue weighted by molar-refractivity contribution is 8.01. The van der Waals surface area contributed by atoms with Crippen LogP contribution in [-0.2, 0) is 0 Å². The molecule has 0 bridgehead atoms. The summed E-state index contributed by atoms with van der Waals surface area (Å²) < 4.78 is -1.89. The fourth-order valence-corrected chi connectivity index (χ4v) is 1.04. The topological polar surface area (TPSA) is 37.3 Å². The number of carbonyl (C=O) groups excluding carboxylic acids is 1. The highest BCUT2D eigenvalue weighted by Crippen LogP contribution is 2.20. The molecule has 0 radical (unpaired) electrons. The molecule has 12 heavy (non-hydrogen) atoms. The monoisotopic (exact) mass is 200 g/mol. The van der Waals surface area contributed by atoms with Crippen LogP contribution in [0.1, 0.15) is 10.4 Å². The van der Waals surface area contributed by atoms with Crippen molar-refractivity contribution in [2.75, 3.05) is 0 Å². The lowest BCUT2D eigenvalue weighted by Gasteiger charge is -2.12. The lowest BCUT2D eigenvalue weighted by atomic mass is 10.1. The van der Waals surface area contributed by atoms with Gasteiger partial charge in [-0.1, -0.05) is 30.3 Å². The molecule has 0 saturated heterocycles. The zero-order valence-corrected chi connectivity index (χ0v) is 7.93. The molecule has 0 atom stereocenters. The number of thiol groups is 2. The predicted molar refractivity (Wildman–Crippen MR) is 53.7 cm³/mol. The van der Waals surface area contributed by atoms with Gasteiger partial charge in [-0.2, -0.15) is 0 Å². The van der Waals surface area contributed by atoms with Gasteiger partial charge in [0.15, 0.2) is 0 Å². The highest BCUT2D eigenvalue weighted by Gasteiger charge is 2.27. The van der Waals surface area contributed by atoms with Crippen molar-refractivity contribution < 1.29 is 9.90 Å². The van der Waals surface area contributed by atoms with Crippen LogP contribution in [-0.4, -0.2) is 15.2 Å². The van der Waals surface area contributed by atoms with Gasteiger partial charge in [0.2, 0.25) is 10.0 Å². The summed E-state index contributed by atoms with van der Waals surface area (Å²) >= 11 is 7.26. The van der Waals surface area contributed by atoms with Gasteiger partial charge in [-0.05, 0) is 0 Å². The molecule has 0 spiro atoms. The van der Waals surface area contributed by atoms with E-state index in [1.807, 2.05) is 0 Å². The van der Waals surface area contributed by atoms with Crippen molar-refractivity contribution in [3.8, 4) is 0 Å². The molecule has 2 nitrogen and oxygen atoms in total. The summed E-state index contributed by atoms with van der Waals surface area (Å²) in [6.45, 7) is 0. The molecular weight excluding hydrogens is 192 g/mol. The zero-order chi connectivity index (χ0) is 9.19. The fraction of sp³-hybridized carbons (Fsp3) is 0.125. The Bertz CT molecular complexity index is 277. The number of Topliss-reactive ketones (excluding diaryl/α,β-unsaturated/α-hetero) is 1. The quantitative estimate of drug-likeness (QED) is 0.383. The number of ketones is 1. The third-order valence-corrected chi connectivity index (χ3v) is 1.75. The molecule has 1 rings (SSSR count). The maximum Gasteiger partial charge on any atom is 0.216 e. The van der Waals surface area contributed by atoms with Crippen LogP contribution in [0.2, 0.25) is 0 Å². The maximum atomic E-state index is 11.3. The van der Waals surface area contributed by atoms with Crippen molar-refractivity contribution in [1.29, 1.82) is 0 Å². The predicted octanol–water partition coefficient (Wildman–Crippen LogP) is 1.37. The molecule has 0 unspecified atom stereocenters. The van der Waals surface area contributed by atoms with E-state index in [4.69, 9.17) is 5.11 Å². The number of carbonyl (C=O) groups is 1. The molecule has 0 aliphatic carbocycles. The van der Waals surface area contributed by atoms with Crippen molar-refractivity contribution in [2.45, 2.75) is 4.27 Å². The zero-order valence-electron chi connectivity index (χ0n) is 6.14. The van der Waals surface area contributed by atoms with E-state index >= 15 is 0 Å². The third-order valence-electron chi connectivity index (χ3n) is 1.34. The summed E-state index contributed by atoms with van der Waals surface area (Å²) in [4.78, 5) is 11.3. The number of hydrogen-bond acceptors (Lipinski definition) is 4. The average molecular weight is 200 g/mol. The van der Waals surface area contributed by atoms with Gasteiger partial charge in [0, 0.05) is 5.56 Å². The maximum absolute atomic E-state index is 11.3. The Hall–Kier alpha value is -0.450. The number of aliphatic hydroxyl groups is 1. The van der Waals surface area contributed by atoms with Crippen molar-refractivity contribution >= 4 is 31.0 Å². The first-order valence-corrected chi connectivity index (χ1v) is 4.18. The third kappa shape index (κ3) is 2.27. The number of hydrogen-bond donors (Lipinski definition) is 3. The van der Waals surface area contributed by atoms with Gasteiger partial charge in [-0.3, -0.25) is 4.79 Å². The molecule has 0 aliphatic rings. The van der Waals surface area contributed by atoms with Crippen LogP contribution in [0.3, 0.4) is 0 Å². The van der Waals surface area contributed by atoms with Gasteiger partial charge in [-0.25, -0.2) is 0 Å². The second-order valence-corrected chi connectivity index (χ2v) is 3.98. The first kappa shape index (κ1) is 9.64. The van der Waals surface area contributed by atoms with E-state index in [9.17, 15) is 4.79 Å². The SMILES string of the molecule is O=C(c1ccccc1)C(O)(S)S. The van der Waals surface area contributed by atoms with Crippen LogP contribution in [0.25, 0.3) is 0 Å². The summed E-state index contributed by atoms with van der Waals surface area (Å²) in [5.41, 5.74) is 0.394. The van der Waals surface area contributed by atoms with Crippen LogP contribution in [0.4, 0.5) is 0 Å². The van der Waals surface area contributed by atoms with E-state index < -0.39 is 10.0 Å². The molecule has 1 N–H and O–H groups in total. The first-order chi connectivity index (χ1) is 5.52. The summed E-state index contributed by atoms with van der Waals surface area (Å²) in [6, 6.07) is 8.40. The van der Waals surface area contributed by atoms with Gasteiger partial charge in [0.1, 0.15) is 0 Å². The van der Waals surface area contributed by atoms with Gasteiger partial charge in [0.05, 0.1) is 0 Å². The minimum atomic E-state index is -1.89. The molecular formula is C8H8O2S2. The molecule has 0 aromatic heterocycles. The van der Waals surface area contributed by atoms with Crippen molar-refractivity contribution in [3.05, 3.63) is 35.9 Å². The Morgan fingerprint density at radius 3 is 2.17 bits per heavy atom. The normalized spacial score (nSPS) is 11.2. The smallest absolute Gasteiger partial charge is 0.216 e. The van der Waals surface area contributed by atoms with E-state index in [-0.39, 0.29) is 0 Å². The molecule has 0 fully saturated rings. The first-order valence-electron chi connectivity index (χ1n) is 3.29. The van der Waals surface area contributed by atoms with Crippen LogP contribution in [0, 0.1) is 0 Å². The summed E-state index contributed by atoms with van der Waals surface area (Å²) in [7, 11) is 0. The molecule has 64 valence electrons. The Kier molecular flexibility index (Phi) is 2.82. The number of benzene rings is 1. The van der Waals surface area contributed by atoms with Crippen LogP contribution in [0.5, 0.6) is 0 Å². The van der Waals surface area contributed by atoms with Gasteiger partial charge in [0.25, 0.3) is 0 Å². The molecule has 1 aromatic carbocycles. The molecule has 0 heterocycles. The van der Waals surface area contributed by atoms with Gasteiger partial charge in [-0.15, -0.1) is 25.3 Å². The summed E-state index contributed by atoms with van der Waals surface area (Å²) in [5.74, 6) is -0.519. The summed E-state index contributed by atoms with van der Waals surface area (Å²) in [5, 5.41) is 9.12. The lowest BCUT2D eigenvalue weighted by molar-refractivity contribution is 0.0833. The van der Waals surface area contributed by atoms with E-state index in [2.05, 4.69) is 25.3 Å². The standard InChI is InChI=1S/C8H8O2S2/c9-7(8(10,11)12)6-4-2-1-3-5-6/h1-5,10-12H. The van der Waals surface area contributed by atoms with Crippen molar-refractivity contribution in [1.82, 2.24) is 0 Å². The molecule has 4 heteroatoms. The average Bonchev–Trinajstić information content (AvgIpc) is 2.03. The highest BCUT2D eigenvalue weighted by atomic mass is 32.2. The molecule has 0 saturated carbocycles. The molecule has 0 amide bonds. The second-order valence-electron chi connectivity index (χ2n) is 2.33. The van der Waals surface area contributed by atoms with E-state index in [0.29, 0.717) is 5.56 Å². The fourth-order valence-electron chi connectivity index (χ4n) is 0.783. The Morgan fingerprint density at radius 1 is 1.25 bits per heavy atom. The van der Waals surface area contributed by atoms with Crippen LogP contribution < -0.4 is 0 Å². The Morgan fingerprint density at radius 2 is 1.75 bits per heavy atom. The minimum Gasteiger partial charge on any atom is -0.364 e. The second kappa shape index (κ2) is 3.51. The lowest BCUT2D eigenvalue weighted by Crippen LogP contribution is -2.25. The largest absolute Gasteiger partial charge is 0.364 e. The Labute approximate surface area is 81.4 Å². The Balaban J connectivity index is 2.94. The van der Waals surface area contributed by atoms with Gasteiger partial charge < -0.3 is 5.11 Å². The number of rotatable bonds is 2. The minimum absolute atomic E-state index is 0.394. The van der Waals surface area contributed by atoms with Crippen molar-refractivity contribution in [2.24, 2.45) is 0 Å². The van der Waals surface area contributed by atoms with E-state index in [1.54, 1.807) is 30.3 Å². The van der Waals surface area contributed by atoms with E-state index in [0.717, 1.165) is 0 Å². The van der Waals surface area contributed by atoms with Crippen LogP contribution >= 0.6 is 25.3 Å². The summed E-state index contributed by atoms with van der Waals surface area (Å²) in [6.07, 6.45) is 0. The molecule has 1 aromatic rings. The van der Waals surface area contributed by atoms with E-state index in [1.165, 1.54) is 0 Å².